The standard InChI is InChI=1S/C20H11F5N2O/c21-15-14(16(22)18(24)19(25)17(15)23)10-26-27-20(28)13-8-6-12(7-9-13)11-4-2-1-3-5-11/h1-10H,(H,27,28)/b26-10+. The van der Waals surface area contributed by atoms with Crippen molar-refractivity contribution >= 4 is 12.1 Å². The smallest absolute Gasteiger partial charge is 0.267 e. The molecule has 0 saturated heterocycles. The number of carbonyl (C=O) groups excluding carboxylic acids is 1. The minimum atomic E-state index is -2.27. The van der Waals surface area contributed by atoms with E-state index in [0.717, 1.165) is 11.1 Å². The van der Waals surface area contributed by atoms with Crippen LogP contribution in [0.15, 0.2) is 59.7 Å². The van der Waals surface area contributed by atoms with Gasteiger partial charge in [-0.2, -0.15) is 5.10 Å². The van der Waals surface area contributed by atoms with Crippen molar-refractivity contribution in [2.75, 3.05) is 0 Å². The van der Waals surface area contributed by atoms with Crippen molar-refractivity contribution in [2.45, 2.75) is 0 Å². The molecule has 0 bridgehead atoms. The number of carbonyl (C=O) groups is 1. The lowest BCUT2D eigenvalue weighted by molar-refractivity contribution is 0.0955. The second-order valence-corrected chi connectivity index (χ2v) is 5.63. The Labute approximate surface area is 156 Å². The summed E-state index contributed by atoms with van der Waals surface area (Å²) in [6, 6.07) is 15.8. The molecule has 28 heavy (non-hydrogen) atoms. The van der Waals surface area contributed by atoms with E-state index in [1.54, 1.807) is 12.1 Å². The molecule has 3 aromatic rings. The summed E-state index contributed by atoms with van der Waals surface area (Å²) in [7, 11) is 0. The third-order valence-corrected chi connectivity index (χ3v) is 3.86. The van der Waals surface area contributed by atoms with Gasteiger partial charge < -0.3 is 0 Å². The van der Waals surface area contributed by atoms with E-state index in [4.69, 9.17) is 0 Å². The van der Waals surface area contributed by atoms with Gasteiger partial charge in [0.2, 0.25) is 5.82 Å². The van der Waals surface area contributed by atoms with Crippen LogP contribution in [0.5, 0.6) is 0 Å². The molecule has 0 heterocycles. The van der Waals surface area contributed by atoms with Crippen LogP contribution in [0.4, 0.5) is 22.0 Å². The first-order chi connectivity index (χ1) is 13.4. The number of hydrazone groups is 1. The monoisotopic (exact) mass is 390 g/mol. The van der Waals surface area contributed by atoms with Gasteiger partial charge in [-0.15, -0.1) is 0 Å². The Bertz CT molecular complexity index is 1020. The van der Waals surface area contributed by atoms with Crippen LogP contribution in [-0.2, 0) is 0 Å². The van der Waals surface area contributed by atoms with Crippen LogP contribution < -0.4 is 5.43 Å². The molecule has 0 saturated carbocycles. The number of rotatable bonds is 4. The lowest BCUT2D eigenvalue weighted by Crippen LogP contribution is -2.18. The van der Waals surface area contributed by atoms with Gasteiger partial charge in [0.25, 0.3) is 5.91 Å². The minimum Gasteiger partial charge on any atom is -0.267 e. The highest BCUT2D eigenvalue weighted by Crippen LogP contribution is 2.22. The number of hydrogen-bond acceptors (Lipinski definition) is 2. The Hall–Kier alpha value is -3.55. The summed E-state index contributed by atoms with van der Waals surface area (Å²) < 4.78 is 66.3. The van der Waals surface area contributed by atoms with Crippen molar-refractivity contribution in [3.63, 3.8) is 0 Å². The predicted molar refractivity (Wildman–Crippen MR) is 93.2 cm³/mol. The lowest BCUT2D eigenvalue weighted by atomic mass is 10.0. The minimum absolute atomic E-state index is 0.189. The first kappa shape index (κ1) is 19.2. The van der Waals surface area contributed by atoms with Gasteiger partial charge in [0.1, 0.15) is 0 Å². The summed E-state index contributed by atoms with van der Waals surface area (Å²) in [5.74, 6) is -11.3. The average Bonchev–Trinajstić information content (AvgIpc) is 2.74. The Morgan fingerprint density at radius 3 is 1.79 bits per heavy atom. The largest absolute Gasteiger partial charge is 0.271 e. The molecular formula is C20H11F5N2O. The van der Waals surface area contributed by atoms with E-state index in [-0.39, 0.29) is 5.56 Å². The Morgan fingerprint density at radius 1 is 0.714 bits per heavy atom. The highest BCUT2D eigenvalue weighted by molar-refractivity contribution is 5.95. The van der Waals surface area contributed by atoms with Crippen molar-refractivity contribution in [3.8, 4) is 11.1 Å². The third-order valence-electron chi connectivity index (χ3n) is 3.86. The molecule has 0 radical (unpaired) electrons. The fraction of sp³-hybridized carbons (Fsp3) is 0. The second kappa shape index (κ2) is 7.99. The van der Waals surface area contributed by atoms with Crippen LogP contribution in [0.1, 0.15) is 15.9 Å². The number of halogens is 5. The summed E-state index contributed by atoms with van der Waals surface area (Å²) in [5.41, 5.74) is 2.72. The Balaban J connectivity index is 1.74. The molecule has 3 nitrogen and oxygen atoms in total. The lowest BCUT2D eigenvalue weighted by Gasteiger charge is -2.05. The molecule has 3 aromatic carbocycles. The number of hydrogen-bond donors (Lipinski definition) is 1. The fourth-order valence-electron chi connectivity index (χ4n) is 2.40. The molecule has 3 rings (SSSR count). The first-order valence-corrected chi connectivity index (χ1v) is 7.90. The van der Waals surface area contributed by atoms with Gasteiger partial charge in [-0.3, -0.25) is 4.79 Å². The molecule has 1 N–H and O–H groups in total. The van der Waals surface area contributed by atoms with Gasteiger partial charge in [-0.05, 0) is 23.3 Å². The van der Waals surface area contributed by atoms with Gasteiger partial charge in [0.15, 0.2) is 23.3 Å². The van der Waals surface area contributed by atoms with Gasteiger partial charge in [0, 0.05) is 5.56 Å². The zero-order valence-corrected chi connectivity index (χ0v) is 14.0. The molecule has 0 aromatic heterocycles. The topological polar surface area (TPSA) is 41.5 Å². The quantitative estimate of drug-likeness (QED) is 0.224. The highest BCUT2D eigenvalue weighted by Gasteiger charge is 2.24. The van der Waals surface area contributed by atoms with E-state index in [9.17, 15) is 26.7 Å². The van der Waals surface area contributed by atoms with Crippen LogP contribution in [-0.4, -0.2) is 12.1 Å². The number of nitrogens with zero attached hydrogens (tertiary/aromatic N) is 1. The number of benzene rings is 3. The predicted octanol–water partition coefficient (Wildman–Crippen LogP) is 4.81. The molecular weight excluding hydrogens is 379 g/mol. The molecule has 142 valence electrons. The summed E-state index contributed by atoms with van der Waals surface area (Å²) in [5, 5.41) is 3.27. The van der Waals surface area contributed by atoms with E-state index in [0.29, 0.717) is 6.21 Å². The molecule has 0 aliphatic carbocycles. The van der Waals surface area contributed by atoms with E-state index >= 15 is 0 Å². The van der Waals surface area contributed by atoms with E-state index in [2.05, 4.69) is 5.10 Å². The maximum Gasteiger partial charge on any atom is 0.271 e. The molecule has 0 aliphatic heterocycles. The maximum atomic E-state index is 13.5. The molecule has 1 amide bonds. The van der Waals surface area contributed by atoms with E-state index in [1.807, 2.05) is 35.8 Å². The summed E-state index contributed by atoms with van der Waals surface area (Å²) >= 11 is 0. The normalized spacial score (nSPS) is 11.0. The zero-order chi connectivity index (χ0) is 20.3. The van der Waals surface area contributed by atoms with Crippen LogP contribution in [0.3, 0.4) is 0 Å². The first-order valence-electron chi connectivity index (χ1n) is 7.90. The van der Waals surface area contributed by atoms with E-state index < -0.39 is 40.6 Å². The highest BCUT2D eigenvalue weighted by atomic mass is 19.2. The van der Waals surface area contributed by atoms with Crippen molar-refractivity contribution in [1.29, 1.82) is 0 Å². The SMILES string of the molecule is O=C(N/N=C/c1c(F)c(F)c(F)c(F)c1F)c1ccc(-c2ccccc2)cc1. The molecule has 8 heteroatoms. The Morgan fingerprint density at radius 2 is 1.21 bits per heavy atom. The molecule has 0 spiro atoms. The summed E-state index contributed by atoms with van der Waals surface area (Å²) in [6.07, 6.45) is 0.354. The molecule has 0 atom stereocenters. The molecule has 0 unspecified atom stereocenters. The van der Waals surface area contributed by atoms with Crippen LogP contribution >= 0.6 is 0 Å². The van der Waals surface area contributed by atoms with E-state index in [1.165, 1.54) is 12.1 Å². The molecule has 0 aliphatic rings. The second-order valence-electron chi connectivity index (χ2n) is 5.63. The van der Waals surface area contributed by atoms with Crippen molar-refractivity contribution in [1.82, 2.24) is 5.43 Å². The summed E-state index contributed by atoms with van der Waals surface area (Å²) in [4.78, 5) is 12.0. The summed E-state index contributed by atoms with van der Waals surface area (Å²) in [6.45, 7) is 0. The fourth-order valence-corrected chi connectivity index (χ4v) is 2.40. The van der Waals surface area contributed by atoms with Crippen LogP contribution in [0.2, 0.25) is 0 Å². The number of amides is 1. The van der Waals surface area contributed by atoms with Gasteiger partial charge >= 0.3 is 0 Å². The van der Waals surface area contributed by atoms with Crippen molar-refractivity contribution in [2.24, 2.45) is 5.10 Å². The third kappa shape index (κ3) is 3.75. The zero-order valence-electron chi connectivity index (χ0n) is 14.0. The van der Waals surface area contributed by atoms with Crippen LogP contribution in [0, 0.1) is 29.1 Å². The van der Waals surface area contributed by atoms with Gasteiger partial charge in [0.05, 0.1) is 11.8 Å². The Kier molecular flexibility index (Phi) is 5.49. The average molecular weight is 390 g/mol. The van der Waals surface area contributed by atoms with Crippen molar-refractivity contribution < 1.29 is 26.7 Å². The van der Waals surface area contributed by atoms with Crippen LogP contribution in [0.25, 0.3) is 11.1 Å². The van der Waals surface area contributed by atoms with Crippen molar-refractivity contribution in [3.05, 3.63) is 94.8 Å². The maximum absolute atomic E-state index is 13.5. The van der Waals surface area contributed by atoms with Gasteiger partial charge in [-0.25, -0.2) is 27.4 Å². The van der Waals surface area contributed by atoms with Gasteiger partial charge in [-0.1, -0.05) is 42.5 Å². The number of nitrogens with one attached hydrogen (secondary N) is 1. The molecule has 0 fully saturated rings.